The molecular formula is C11H13N5. The van der Waals surface area contributed by atoms with Gasteiger partial charge in [-0.3, -0.25) is 5.01 Å². The summed E-state index contributed by atoms with van der Waals surface area (Å²) < 4.78 is 0. The first-order valence-corrected chi connectivity index (χ1v) is 4.87. The van der Waals surface area contributed by atoms with Crippen molar-refractivity contribution in [1.82, 2.24) is 9.97 Å². The zero-order chi connectivity index (χ0) is 11.5. The van der Waals surface area contributed by atoms with Crippen LogP contribution in [-0.2, 0) is 0 Å². The number of para-hydroxylation sites is 2. The van der Waals surface area contributed by atoms with Crippen LogP contribution in [0.25, 0.3) is 0 Å². The molecule has 16 heavy (non-hydrogen) atoms. The fourth-order valence-corrected chi connectivity index (χ4v) is 1.41. The summed E-state index contributed by atoms with van der Waals surface area (Å²) in [4.78, 5) is 8.24. The van der Waals surface area contributed by atoms with Gasteiger partial charge in [-0.25, -0.2) is 15.8 Å². The Balaban J connectivity index is 2.39. The third-order valence-electron chi connectivity index (χ3n) is 2.20. The van der Waals surface area contributed by atoms with E-state index in [2.05, 4.69) is 9.97 Å². The third kappa shape index (κ3) is 1.94. The Bertz CT molecular complexity index is 497. The summed E-state index contributed by atoms with van der Waals surface area (Å²) in [7, 11) is 0. The predicted molar refractivity (Wildman–Crippen MR) is 63.9 cm³/mol. The van der Waals surface area contributed by atoms with Gasteiger partial charge < -0.3 is 5.73 Å². The maximum atomic E-state index is 5.95. The Morgan fingerprint density at radius 3 is 2.62 bits per heavy atom. The smallest absolute Gasteiger partial charge is 0.151 e. The highest BCUT2D eigenvalue weighted by Crippen LogP contribution is 2.25. The number of anilines is 3. The van der Waals surface area contributed by atoms with Crippen LogP contribution in [0.4, 0.5) is 17.2 Å². The van der Waals surface area contributed by atoms with Gasteiger partial charge >= 0.3 is 0 Å². The zero-order valence-electron chi connectivity index (χ0n) is 8.96. The minimum atomic E-state index is 0.612. The number of hydrogen-bond acceptors (Lipinski definition) is 5. The fraction of sp³-hybridized carbons (Fsp3) is 0.0909. The number of aryl methyl sites for hydroxylation is 1. The summed E-state index contributed by atoms with van der Waals surface area (Å²) in [5.74, 6) is 7.23. The SMILES string of the molecule is Cc1nccc(N(N)c2ccccc2N)n1. The van der Waals surface area contributed by atoms with Crippen LogP contribution < -0.4 is 16.6 Å². The molecule has 2 rings (SSSR count). The minimum absolute atomic E-state index is 0.612. The van der Waals surface area contributed by atoms with E-state index in [1.54, 1.807) is 18.3 Å². The van der Waals surface area contributed by atoms with Gasteiger partial charge in [-0.05, 0) is 19.1 Å². The van der Waals surface area contributed by atoms with Crippen LogP contribution in [0.3, 0.4) is 0 Å². The van der Waals surface area contributed by atoms with Gasteiger partial charge in [-0.15, -0.1) is 0 Å². The molecule has 1 aromatic carbocycles. The highest BCUT2D eigenvalue weighted by Gasteiger charge is 2.08. The van der Waals surface area contributed by atoms with Crippen molar-refractivity contribution < 1.29 is 0 Å². The normalized spacial score (nSPS) is 10.1. The van der Waals surface area contributed by atoms with Gasteiger partial charge in [0.2, 0.25) is 0 Å². The van der Waals surface area contributed by atoms with Crippen molar-refractivity contribution >= 4 is 17.2 Å². The lowest BCUT2D eigenvalue weighted by Gasteiger charge is -2.19. The van der Waals surface area contributed by atoms with Crippen molar-refractivity contribution in [3.05, 3.63) is 42.4 Å². The van der Waals surface area contributed by atoms with Crippen LogP contribution >= 0.6 is 0 Å². The summed E-state index contributed by atoms with van der Waals surface area (Å²) in [6.07, 6.45) is 1.66. The molecule has 5 heteroatoms. The summed E-state index contributed by atoms with van der Waals surface area (Å²) in [6.45, 7) is 1.81. The number of hydrazine groups is 1. The first-order valence-electron chi connectivity index (χ1n) is 4.87. The average molecular weight is 215 g/mol. The second kappa shape index (κ2) is 4.16. The third-order valence-corrected chi connectivity index (χ3v) is 2.20. The summed E-state index contributed by atoms with van der Waals surface area (Å²) in [5.41, 5.74) is 7.17. The van der Waals surface area contributed by atoms with Gasteiger partial charge in [0, 0.05) is 12.3 Å². The lowest BCUT2D eigenvalue weighted by molar-refractivity contribution is 0.976. The number of nitrogen functional groups attached to an aromatic ring is 1. The van der Waals surface area contributed by atoms with Crippen LogP contribution in [0, 0.1) is 6.92 Å². The minimum Gasteiger partial charge on any atom is -0.397 e. The topological polar surface area (TPSA) is 81.1 Å². The maximum Gasteiger partial charge on any atom is 0.151 e. The van der Waals surface area contributed by atoms with Gasteiger partial charge in [-0.1, -0.05) is 12.1 Å². The fourth-order valence-electron chi connectivity index (χ4n) is 1.41. The summed E-state index contributed by atoms with van der Waals surface area (Å²) in [6, 6.07) is 9.10. The van der Waals surface area contributed by atoms with E-state index in [-0.39, 0.29) is 0 Å². The Morgan fingerprint density at radius 1 is 1.19 bits per heavy atom. The molecule has 0 aliphatic heterocycles. The molecule has 0 aliphatic carbocycles. The standard InChI is InChI=1S/C11H13N5/c1-8-14-7-6-11(15-8)16(13)10-5-3-2-4-9(10)12/h2-7H,12-13H2,1H3. The molecule has 82 valence electrons. The number of nitrogens with zero attached hydrogens (tertiary/aromatic N) is 3. The molecule has 1 heterocycles. The van der Waals surface area contributed by atoms with Crippen LogP contribution in [-0.4, -0.2) is 9.97 Å². The molecule has 0 saturated heterocycles. The summed E-state index contributed by atoms with van der Waals surface area (Å²) >= 11 is 0. The molecule has 0 aliphatic rings. The van der Waals surface area contributed by atoms with Gasteiger partial charge in [0.25, 0.3) is 0 Å². The number of nitrogens with two attached hydrogens (primary N) is 2. The number of rotatable bonds is 2. The maximum absolute atomic E-state index is 5.95. The molecule has 2 aromatic rings. The highest BCUT2D eigenvalue weighted by molar-refractivity contribution is 5.71. The Hall–Kier alpha value is -2.14. The van der Waals surface area contributed by atoms with E-state index in [0.717, 1.165) is 5.69 Å². The monoisotopic (exact) mass is 215 g/mol. The Kier molecular flexibility index (Phi) is 2.70. The van der Waals surface area contributed by atoms with Crippen molar-refractivity contribution in [2.45, 2.75) is 6.92 Å². The molecular weight excluding hydrogens is 202 g/mol. The Morgan fingerprint density at radius 2 is 1.94 bits per heavy atom. The molecule has 0 amide bonds. The molecule has 0 bridgehead atoms. The van der Waals surface area contributed by atoms with E-state index in [1.165, 1.54) is 5.01 Å². The van der Waals surface area contributed by atoms with Gasteiger partial charge in [0.15, 0.2) is 5.82 Å². The Labute approximate surface area is 93.7 Å². The van der Waals surface area contributed by atoms with Crippen molar-refractivity contribution in [2.75, 3.05) is 10.7 Å². The molecule has 1 aromatic heterocycles. The molecule has 0 unspecified atom stereocenters. The number of benzene rings is 1. The van der Waals surface area contributed by atoms with Crippen LogP contribution in [0.5, 0.6) is 0 Å². The van der Waals surface area contributed by atoms with Crippen molar-refractivity contribution in [1.29, 1.82) is 0 Å². The highest BCUT2D eigenvalue weighted by atomic mass is 15.4. The van der Waals surface area contributed by atoms with Crippen molar-refractivity contribution in [3.8, 4) is 0 Å². The predicted octanol–water partition coefficient (Wildman–Crippen LogP) is 1.38. The second-order valence-corrected chi connectivity index (χ2v) is 3.39. The first kappa shape index (κ1) is 10.4. The summed E-state index contributed by atoms with van der Waals surface area (Å²) in [5, 5.41) is 1.45. The van der Waals surface area contributed by atoms with E-state index in [0.29, 0.717) is 17.3 Å². The second-order valence-electron chi connectivity index (χ2n) is 3.39. The first-order chi connectivity index (χ1) is 7.68. The van der Waals surface area contributed by atoms with Crippen molar-refractivity contribution in [3.63, 3.8) is 0 Å². The molecule has 0 fully saturated rings. The lowest BCUT2D eigenvalue weighted by atomic mass is 10.2. The lowest BCUT2D eigenvalue weighted by Crippen LogP contribution is -2.27. The number of aromatic nitrogens is 2. The molecule has 0 saturated carbocycles. The average Bonchev–Trinajstić information content (AvgIpc) is 2.29. The zero-order valence-corrected chi connectivity index (χ0v) is 8.96. The van der Waals surface area contributed by atoms with Gasteiger partial charge in [0.1, 0.15) is 5.82 Å². The number of hydrogen-bond donors (Lipinski definition) is 2. The molecule has 0 atom stereocenters. The van der Waals surface area contributed by atoms with Crippen LogP contribution in [0.1, 0.15) is 5.82 Å². The van der Waals surface area contributed by atoms with Crippen molar-refractivity contribution in [2.24, 2.45) is 5.84 Å². The molecule has 0 spiro atoms. The van der Waals surface area contributed by atoms with E-state index in [1.807, 2.05) is 25.1 Å². The van der Waals surface area contributed by atoms with E-state index in [9.17, 15) is 0 Å². The quantitative estimate of drug-likeness (QED) is 0.449. The van der Waals surface area contributed by atoms with E-state index >= 15 is 0 Å². The van der Waals surface area contributed by atoms with Gasteiger partial charge in [-0.2, -0.15) is 0 Å². The largest absolute Gasteiger partial charge is 0.397 e. The molecule has 5 nitrogen and oxygen atoms in total. The molecule has 0 radical (unpaired) electrons. The molecule has 4 N–H and O–H groups in total. The van der Waals surface area contributed by atoms with Crippen LogP contribution in [0.2, 0.25) is 0 Å². The van der Waals surface area contributed by atoms with E-state index < -0.39 is 0 Å². The van der Waals surface area contributed by atoms with E-state index in [4.69, 9.17) is 11.6 Å². The van der Waals surface area contributed by atoms with Gasteiger partial charge in [0.05, 0.1) is 11.4 Å². The van der Waals surface area contributed by atoms with Crippen LogP contribution in [0.15, 0.2) is 36.5 Å².